The van der Waals surface area contributed by atoms with E-state index in [1.165, 1.54) is 28.7 Å². The lowest BCUT2D eigenvalue weighted by Gasteiger charge is -2.37. The van der Waals surface area contributed by atoms with Gasteiger partial charge in [0.1, 0.15) is 11.7 Å². The van der Waals surface area contributed by atoms with Gasteiger partial charge in [0.15, 0.2) is 0 Å². The number of benzene rings is 1. The number of likely N-dealkylation sites (tertiary alicyclic amines) is 1. The number of alkyl halides is 3. The predicted molar refractivity (Wildman–Crippen MR) is 94.8 cm³/mol. The number of piperidine rings is 1. The van der Waals surface area contributed by atoms with Crippen LogP contribution in [0.15, 0.2) is 24.3 Å². The van der Waals surface area contributed by atoms with Crippen molar-refractivity contribution in [3.8, 4) is 0 Å². The molecule has 2 atom stereocenters. The van der Waals surface area contributed by atoms with Gasteiger partial charge in [-0.15, -0.1) is 0 Å². The van der Waals surface area contributed by atoms with Crippen molar-refractivity contribution in [2.24, 2.45) is 7.05 Å². The minimum absolute atomic E-state index is 0.171. The molecule has 6 nitrogen and oxygen atoms in total. The van der Waals surface area contributed by atoms with Crippen LogP contribution >= 0.6 is 0 Å². The van der Waals surface area contributed by atoms with E-state index in [4.69, 9.17) is 9.47 Å². The number of methoxy groups -OCH3 is 2. The largest absolute Gasteiger partial charge is 0.467 e. The number of rotatable bonds is 3. The molecule has 0 N–H and O–H groups in total. The standard InChI is InChI=1S/C19H21F3N2O4/c1-23-14-5-4-12(19(20,21)22)8-11(14)9-15(23)17(25)24-7-6-13(27-2)10-16(24)18(26)28-3/h4-5,8-9,13,16H,6-7,10H2,1-3H3/t13-,16+/m1/s1. The van der Waals surface area contributed by atoms with E-state index in [9.17, 15) is 22.8 Å². The highest BCUT2D eigenvalue weighted by molar-refractivity contribution is 6.00. The molecule has 1 saturated heterocycles. The molecule has 1 aliphatic heterocycles. The van der Waals surface area contributed by atoms with Gasteiger partial charge in [-0.25, -0.2) is 4.79 Å². The lowest BCUT2D eigenvalue weighted by atomic mass is 9.98. The number of hydrogen-bond acceptors (Lipinski definition) is 4. The van der Waals surface area contributed by atoms with E-state index in [-0.39, 0.29) is 18.3 Å². The number of carbonyl (C=O) groups excluding carboxylic acids is 2. The van der Waals surface area contributed by atoms with E-state index in [0.29, 0.717) is 23.7 Å². The zero-order chi connectivity index (χ0) is 20.6. The van der Waals surface area contributed by atoms with Crippen molar-refractivity contribution in [1.29, 1.82) is 0 Å². The molecular weight excluding hydrogens is 377 g/mol. The van der Waals surface area contributed by atoms with Crippen LogP contribution in [0.2, 0.25) is 0 Å². The molecule has 28 heavy (non-hydrogen) atoms. The molecule has 0 unspecified atom stereocenters. The first kappa shape index (κ1) is 20.2. The normalized spacial score (nSPS) is 20.4. The van der Waals surface area contributed by atoms with E-state index in [0.717, 1.165) is 12.1 Å². The van der Waals surface area contributed by atoms with Crippen molar-refractivity contribution >= 4 is 22.8 Å². The zero-order valence-corrected chi connectivity index (χ0v) is 15.7. The number of fused-ring (bicyclic) bond motifs is 1. The van der Waals surface area contributed by atoms with Crippen molar-refractivity contribution in [2.75, 3.05) is 20.8 Å². The van der Waals surface area contributed by atoms with Crippen molar-refractivity contribution in [2.45, 2.75) is 31.2 Å². The molecule has 0 spiro atoms. The van der Waals surface area contributed by atoms with Crippen molar-refractivity contribution in [3.05, 3.63) is 35.5 Å². The van der Waals surface area contributed by atoms with Crippen LogP contribution in [-0.2, 0) is 27.5 Å². The van der Waals surface area contributed by atoms with Gasteiger partial charge in [0, 0.05) is 38.0 Å². The molecule has 1 amide bonds. The van der Waals surface area contributed by atoms with E-state index >= 15 is 0 Å². The molecule has 0 radical (unpaired) electrons. The molecule has 1 aromatic heterocycles. The molecular formula is C19H21F3N2O4. The fourth-order valence-corrected chi connectivity index (χ4v) is 3.63. The molecule has 0 aliphatic carbocycles. The van der Waals surface area contributed by atoms with Crippen LogP contribution in [0.5, 0.6) is 0 Å². The number of amides is 1. The summed E-state index contributed by atoms with van der Waals surface area (Å²) in [5.41, 5.74) is -0.0743. The first-order valence-electron chi connectivity index (χ1n) is 8.75. The number of carbonyl (C=O) groups is 2. The Kier molecular flexibility index (Phi) is 5.38. The Hall–Kier alpha value is -2.55. The summed E-state index contributed by atoms with van der Waals surface area (Å²) in [4.78, 5) is 26.7. The van der Waals surface area contributed by atoms with Gasteiger partial charge in [0.2, 0.25) is 0 Å². The van der Waals surface area contributed by atoms with Crippen LogP contribution in [0.4, 0.5) is 13.2 Å². The van der Waals surface area contributed by atoms with Crippen LogP contribution in [0.25, 0.3) is 10.9 Å². The van der Waals surface area contributed by atoms with E-state index in [1.807, 2.05) is 0 Å². The molecule has 2 aromatic rings. The molecule has 152 valence electrons. The maximum Gasteiger partial charge on any atom is 0.416 e. The highest BCUT2D eigenvalue weighted by atomic mass is 19.4. The SMILES string of the molecule is COC(=O)[C@@H]1C[C@H](OC)CCN1C(=O)c1cc2cc(C(F)(F)F)ccc2n1C. The quantitative estimate of drug-likeness (QED) is 0.746. The maximum absolute atomic E-state index is 13.1. The Morgan fingerprint density at radius 1 is 1.18 bits per heavy atom. The summed E-state index contributed by atoms with van der Waals surface area (Å²) < 4.78 is 50.6. The molecule has 1 aliphatic rings. The Balaban J connectivity index is 1.97. The van der Waals surface area contributed by atoms with Gasteiger partial charge < -0.3 is 18.9 Å². The predicted octanol–water partition coefficient (Wildman–Crippen LogP) is 2.99. The minimum Gasteiger partial charge on any atom is -0.467 e. The zero-order valence-electron chi connectivity index (χ0n) is 15.7. The topological polar surface area (TPSA) is 60.8 Å². The van der Waals surface area contributed by atoms with Crippen molar-refractivity contribution < 1.29 is 32.2 Å². The summed E-state index contributed by atoms with van der Waals surface area (Å²) in [6.07, 6.45) is -3.78. The van der Waals surface area contributed by atoms with Crippen LogP contribution in [0.3, 0.4) is 0 Å². The molecule has 0 bridgehead atoms. The summed E-state index contributed by atoms with van der Waals surface area (Å²) in [5, 5.41) is 0.307. The van der Waals surface area contributed by atoms with Gasteiger partial charge >= 0.3 is 12.1 Å². The van der Waals surface area contributed by atoms with Gasteiger partial charge in [-0.2, -0.15) is 13.2 Å². The number of esters is 1. The average molecular weight is 398 g/mol. The fourth-order valence-electron chi connectivity index (χ4n) is 3.63. The summed E-state index contributed by atoms with van der Waals surface area (Å²) in [6.45, 7) is 0.284. The van der Waals surface area contributed by atoms with Crippen molar-refractivity contribution in [1.82, 2.24) is 9.47 Å². The Bertz CT molecular complexity index is 906. The lowest BCUT2D eigenvalue weighted by molar-refractivity contribution is -0.149. The lowest BCUT2D eigenvalue weighted by Crippen LogP contribution is -2.52. The van der Waals surface area contributed by atoms with Gasteiger partial charge in [-0.3, -0.25) is 4.79 Å². The van der Waals surface area contributed by atoms with Crippen LogP contribution in [-0.4, -0.2) is 54.3 Å². The molecule has 0 saturated carbocycles. The summed E-state index contributed by atoms with van der Waals surface area (Å²) in [7, 11) is 4.40. The number of aromatic nitrogens is 1. The minimum atomic E-state index is -4.47. The molecule has 9 heteroatoms. The third-order valence-corrected chi connectivity index (χ3v) is 5.21. The van der Waals surface area contributed by atoms with Gasteiger partial charge in [-0.1, -0.05) is 0 Å². The number of nitrogens with zero attached hydrogens (tertiary/aromatic N) is 2. The van der Waals surface area contributed by atoms with E-state index in [2.05, 4.69) is 0 Å². The summed E-state index contributed by atoms with van der Waals surface area (Å²) in [6, 6.07) is 3.95. The second-order valence-electron chi connectivity index (χ2n) is 6.78. The maximum atomic E-state index is 13.1. The third kappa shape index (κ3) is 3.58. The Morgan fingerprint density at radius 3 is 2.50 bits per heavy atom. The smallest absolute Gasteiger partial charge is 0.416 e. The summed E-state index contributed by atoms with van der Waals surface area (Å²) in [5.74, 6) is -0.981. The van der Waals surface area contributed by atoms with Gasteiger partial charge in [0.25, 0.3) is 5.91 Å². The number of ether oxygens (including phenoxy) is 2. The highest BCUT2D eigenvalue weighted by Crippen LogP contribution is 2.33. The van der Waals surface area contributed by atoms with Crippen molar-refractivity contribution in [3.63, 3.8) is 0 Å². The van der Waals surface area contributed by atoms with Gasteiger partial charge in [-0.05, 0) is 30.7 Å². The van der Waals surface area contributed by atoms with Crippen LogP contribution in [0, 0.1) is 0 Å². The second kappa shape index (κ2) is 7.46. The molecule has 1 fully saturated rings. The van der Waals surface area contributed by atoms with Crippen LogP contribution < -0.4 is 0 Å². The monoisotopic (exact) mass is 398 g/mol. The first-order chi connectivity index (χ1) is 13.2. The van der Waals surface area contributed by atoms with Crippen LogP contribution in [0.1, 0.15) is 28.9 Å². The fraction of sp³-hybridized carbons (Fsp3) is 0.474. The highest BCUT2D eigenvalue weighted by Gasteiger charge is 2.38. The summed E-state index contributed by atoms with van der Waals surface area (Å²) >= 11 is 0. The third-order valence-electron chi connectivity index (χ3n) is 5.21. The second-order valence-corrected chi connectivity index (χ2v) is 6.78. The molecule has 2 heterocycles. The van der Waals surface area contributed by atoms with E-state index in [1.54, 1.807) is 14.2 Å². The number of aryl methyl sites for hydroxylation is 1. The molecule has 3 rings (SSSR count). The first-order valence-corrected chi connectivity index (χ1v) is 8.75. The average Bonchev–Trinajstić information content (AvgIpc) is 3.01. The number of halogens is 3. The van der Waals surface area contributed by atoms with E-state index < -0.39 is 29.7 Å². The van der Waals surface area contributed by atoms with Gasteiger partial charge in [0.05, 0.1) is 18.8 Å². The molecule has 1 aromatic carbocycles. The Morgan fingerprint density at radius 2 is 1.89 bits per heavy atom. The number of hydrogen-bond donors (Lipinski definition) is 0. The Labute approximate surface area is 159 Å².